The highest BCUT2D eigenvalue weighted by Gasteiger charge is 2.22. The number of anilines is 1. The van der Waals surface area contributed by atoms with E-state index in [4.69, 9.17) is 14.7 Å². The van der Waals surface area contributed by atoms with Crippen LogP contribution < -0.4 is 14.8 Å². The topological polar surface area (TPSA) is 89.2 Å². The molecule has 154 valence electrons. The van der Waals surface area contributed by atoms with E-state index < -0.39 is 0 Å². The van der Waals surface area contributed by atoms with E-state index >= 15 is 0 Å². The third-order valence-electron chi connectivity index (χ3n) is 5.44. The lowest BCUT2D eigenvalue weighted by Gasteiger charge is -2.25. The first-order valence-corrected chi connectivity index (χ1v) is 10.2. The van der Waals surface area contributed by atoms with E-state index in [2.05, 4.69) is 20.9 Å². The van der Waals surface area contributed by atoms with Crippen molar-refractivity contribution in [1.82, 2.24) is 9.55 Å². The average Bonchev–Trinajstić information content (AvgIpc) is 3.15. The van der Waals surface area contributed by atoms with E-state index in [9.17, 15) is 4.79 Å². The Hall–Kier alpha value is -3.53. The Kier molecular flexibility index (Phi) is 5.84. The number of methoxy groups -OCH3 is 1. The monoisotopic (exact) mass is 404 g/mol. The van der Waals surface area contributed by atoms with E-state index in [1.54, 1.807) is 18.2 Å². The lowest BCUT2D eigenvalue weighted by atomic mass is 9.95. The number of imidazole rings is 1. The zero-order valence-corrected chi connectivity index (χ0v) is 16.9. The Bertz CT molecular complexity index is 1090. The van der Waals surface area contributed by atoms with Crippen LogP contribution in [-0.2, 0) is 4.79 Å². The summed E-state index contributed by atoms with van der Waals surface area (Å²) in [5, 5.41) is 11.9. The lowest BCUT2D eigenvalue weighted by Crippen LogP contribution is -2.24. The molecule has 7 heteroatoms. The summed E-state index contributed by atoms with van der Waals surface area (Å²) in [5.41, 5.74) is 2.37. The molecule has 1 aromatic heterocycles. The molecular formula is C23H24N4O3. The predicted molar refractivity (Wildman–Crippen MR) is 114 cm³/mol. The molecule has 3 aromatic rings. The van der Waals surface area contributed by atoms with Crippen LogP contribution in [0.25, 0.3) is 11.0 Å². The van der Waals surface area contributed by atoms with Crippen LogP contribution in [0.4, 0.5) is 5.95 Å². The van der Waals surface area contributed by atoms with Crippen molar-refractivity contribution in [2.24, 2.45) is 0 Å². The summed E-state index contributed by atoms with van der Waals surface area (Å²) in [6.07, 6.45) is 5.80. The van der Waals surface area contributed by atoms with Gasteiger partial charge in [-0.1, -0.05) is 31.4 Å². The maximum atomic E-state index is 12.6. The number of benzene rings is 2. The molecule has 1 aliphatic rings. The van der Waals surface area contributed by atoms with Gasteiger partial charge in [-0.2, -0.15) is 5.26 Å². The Labute approximate surface area is 175 Å². The number of nitrogens with one attached hydrogen (secondary N) is 1. The smallest absolute Gasteiger partial charge is 0.264 e. The molecule has 0 radical (unpaired) electrons. The van der Waals surface area contributed by atoms with Crippen LogP contribution in [-0.4, -0.2) is 29.2 Å². The van der Waals surface area contributed by atoms with Crippen molar-refractivity contribution in [1.29, 1.82) is 5.26 Å². The van der Waals surface area contributed by atoms with Crippen molar-refractivity contribution in [3.8, 4) is 17.6 Å². The molecule has 0 bridgehead atoms. The van der Waals surface area contributed by atoms with Gasteiger partial charge in [0.05, 0.1) is 29.8 Å². The quantitative estimate of drug-likeness (QED) is 0.656. The van der Waals surface area contributed by atoms with Crippen LogP contribution in [0.2, 0.25) is 0 Å². The number of hydrogen-bond acceptors (Lipinski definition) is 5. The van der Waals surface area contributed by atoms with Crippen molar-refractivity contribution in [2.45, 2.75) is 38.1 Å². The fourth-order valence-electron chi connectivity index (χ4n) is 4.00. The minimum Gasteiger partial charge on any atom is -0.493 e. The maximum Gasteiger partial charge on any atom is 0.264 e. The first-order valence-electron chi connectivity index (χ1n) is 10.2. The first kappa shape index (κ1) is 19.8. The third kappa shape index (κ3) is 4.08. The van der Waals surface area contributed by atoms with Crippen molar-refractivity contribution in [3.05, 3.63) is 48.0 Å². The lowest BCUT2D eigenvalue weighted by molar-refractivity contribution is -0.118. The number of nitriles is 1. The minimum atomic E-state index is -0.297. The van der Waals surface area contributed by atoms with Gasteiger partial charge in [-0.15, -0.1) is 0 Å². The molecule has 30 heavy (non-hydrogen) atoms. The van der Waals surface area contributed by atoms with Crippen molar-refractivity contribution in [2.75, 3.05) is 19.0 Å². The Morgan fingerprint density at radius 3 is 2.77 bits per heavy atom. The van der Waals surface area contributed by atoms with Gasteiger partial charge in [0.15, 0.2) is 18.1 Å². The van der Waals surface area contributed by atoms with Gasteiger partial charge in [0.1, 0.15) is 0 Å². The summed E-state index contributed by atoms with van der Waals surface area (Å²) in [5.74, 6) is 1.08. The SMILES string of the molecule is COc1cc(C#N)ccc1OCC(=O)Nc1nc2ccccc2n1C1CCCCC1. The molecule has 0 spiro atoms. The molecule has 1 heterocycles. The van der Waals surface area contributed by atoms with E-state index in [1.165, 1.54) is 26.4 Å². The fraction of sp³-hybridized carbons (Fsp3) is 0.348. The zero-order valence-electron chi connectivity index (χ0n) is 16.9. The van der Waals surface area contributed by atoms with E-state index in [0.717, 1.165) is 23.9 Å². The van der Waals surface area contributed by atoms with E-state index in [0.29, 0.717) is 29.1 Å². The van der Waals surface area contributed by atoms with Crippen LogP contribution in [0.15, 0.2) is 42.5 Å². The van der Waals surface area contributed by atoms with Gasteiger partial charge in [-0.05, 0) is 37.1 Å². The van der Waals surface area contributed by atoms with E-state index in [1.807, 2.05) is 24.3 Å². The molecule has 0 unspecified atom stereocenters. The van der Waals surface area contributed by atoms with Gasteiger partial charge in [0, 0.05) is 12.1 Å². The number of amides is 1. The summed E-state index contributed by atoms with van der Waals surface area (Å²) in [6.45, 7) is -0.184. The first-order chi connectivity index (χ1) is 14.7. The highest BCUT2D eigenvalue weighted by Crippen LogP contribution is 2.34. The highest BCUT2D eigenvalue weighted by atomic mass is 16.5. The number of nitrogens with zero attached hydrogens (tertiary/aromatic N) is 3. The number of carbonyl (C=O) groups excluding carboxylic acids is 1. The molecule has 0 atom stereocenters. The summed E-state index contributed by atoms with van der Waals surface area (Å²) < 4.78 is 13.1. The van der Waals surface area contributed by atoms with Crippen LogP contribution in [0.1, 0.15) is 43.7 Å². The van der Waals surface area contributed by atoms with Crippen LogP contribution in [0.5, 0.6) is 11.5 Å². The van der Waals surface area contributed by atoms with Crippen LogP contribution >= 0.6 is 0 Å². The highest BCUT2D eigenvalue weighted by molar-refractivity contribution is 5.92. The van der Waals surface area contributed by atoms with Crippen LogP contribution in [0, 0.1) is 11.3 Å². The molecule has 4 rings (SSSR count). The number of ether oxygens (including phenoxy) is 2. The van der Waals surface area contributed by atoms with Gasteiger partial charge in [0.25, 0.3) is 5.91 Å². The molecule has 7 nitrogen and oxygen atoms in total. The molecule has 0 aliphatic heterocycles. The second kappa shape index (κ2) is 8.87. The number of carbonyl (C=O) groups is 1. The molecule has 2 aromatic carbocycles. The molecule has 0 saturated heterocycles. The second-order valence-corrected chi connectivity index (χ2v) is 7.40. The molecule has 1 saturated carbocycles. The maximum absolute atomic E-state index is 12.6. The average molecular weight is 404 g/mol. The molecule has 1 fully saturated rings. The summed E-state index contributed by atoms with van der Waals surface area (Å²) in [7, 11) is 1.50. The minimum absolute atomic E-state index is 0.184. The van der Waals surface area contributed by atoms with E-state index in [-0.39, 0.29) is 12.5 Å². The number of rotatable bonds is 6. The molecule has 1 aliphatic carbocycles. The number of hydrogen-bond donors (Lipinski definition) is 1. The standard InChI is InChI=1S/C23H24N4O3/c1-29-21-13-16(14-24)11-12-20(21)30-15-22(28)26-23-25-18-9-5-6-10-19(18)27(23)17-7-3-2-4-8-17/h5-6,9-13,17H,2-4,7-8,15H2,1H3,(H,25,26,28). The van der Waals surface area contributed by atoms with Crippen molar-refractivity contribution in [3.63, 3.8) is 0 Å². The van der Waals surface area contributed by atoms with Crippen molar-refractivity contribution < 1.29 is 14.3 Å². The summed E-state index contributed by atoms with van der Waals surface area (Å²) in [6, 6.07) is 15.2. The normalized spacial score (nSPS) is 14.3. The predicted octanol–water partition coefficient (Wildman–Crippen LogP) is 4.44. The summed E-state index contributed by atoms with van der Waals surface area (Å²) in [4.78, 5) is 17.3. The Balaban J connectivity index is 1.51. The van der Waals surface area contributed by atoms with Gasteiger partial charge < -0.3 is 14.0 Å². The summed E-state index contributed by atoms with van der Waals surface area (Å²) >= 11 is 0. The Morgan fingerprint density at radius 1 is 1.20 bits per heavy atom. The number of para-hydroxylation sites is 2. The van der Waals surface area contributed by atoms with Gasteiger partial charge in [0.2, 0.25) is 5.95 Å². The number of fused-ring (bicyclic) bond motifs is 1. The molecular weight excluding hydrogens is 380 g/mol. The third-order valence-corrected chi connectivity index (χ3v) is 5.44. The number of aromatic nitrogens is 2. The van der Waals surface area contributed by atoms with Gasteiger partial charge in [-0.25, -0.2) is 4.98 Å². The van der Waals surface area contributed by atoms with Gasteiger partial charge >= 0.3 is 0 Å². The van der Waals surface area contributed by atoms with Gasteiger partial charge in [-0.3, -0.25) is 10.1 Å². The van der Waals surface area contributed by atoms with Crippen molar-refractivity contribution >= 4 is 22.9 Å². The van der Waals surface area contributed by atoms with Crippen LogP contribution in [0.3, 0.4) is 0 Å². The zero-order chi connectivity index (χ0) is 20.9. The molecule has 1 N–H and O–H groups in total. The Morgan fingerprint density at radius 2 is 2.00 bits per heavy atom. The fourth-order valence-corrected chi connectivity index (χ4v) is 4.00. The second-order valence-electron chi connectivity index (χ2n) is 7.40. The molecule has 1 amide bonds. The largest absolute Gasteiger partial charge is 0.493 e.